The number of ether oxygens (including phenoxy) is 1. The van der Waals surface area contributed by atoms with Gasteiger partial charge in [-0.2, -0.15) is 0 Å². The summed E-state index contributed by atoms with van der Waals surface area (Å²) in [5.41, 5.74) is 3.13. The van der Waals surface area contributed by atoms with Crippen molar-refractivity contribution in [1.82, 2.24) is 15.5 Å². The molecule has 33 heavy (non-hydrogen) atoms. The van der Waals surface area contributed by atoms with Gasteiger partial charge in [-0.05, 0) is 43.5 Å². The Morgan fingerprint density at radius 2 is 2.03 bits per heavy atom. The summed E-state index contributed by atoms with van der Waals surface area (Å²) in [4.78, 5) is 27.3. The molecule has 2 aromatic rings. The number of nitrogens with zero attached hydrogens (tertiary/aromatic N) is 1. The zero-order chi connectivity index (χ0) is 23.6. The van der Waals surface area contributed by atoms with Crippen LogP contribution in [0.2, 0.25) is 0 Å². The zero-order valence-electron chi connectivity index (χ0n) is 19.5. The van der Waals surface area contributed by atoms with Crippen molar-refractivity contribution in [1.29, 1.82) is 5.41 Å². The van der Waals surface area contributed by atoms with Crippen LogP contribution in [0.15, 0.2) is 42.5 Å². The number of amides is 2. The zero-order valence-corrected chi connectivity index (χ0v) is 19.5. The molecule has 0 bridgehead atoms. The number of hydrogen-bond acceptors (Lipinski definition) is 4. The van der Waals surface area contributed by atoms with Crippen LogP contribution in [0.3, 0.4) is 0 Å². The predicted molar refractivity (Wildman–Crippen MR) is 127 cm³/mol. The van der Waals surface area contributed by atoms with Crippen molar-refractivity contribution in [3.8, 4) is 5.75 Å². The molecule has 1 unspecified atom stereocenters. The minimum Gasteiger partial charge on any atom is -0.493 e. The van der Waals surface area contributed by atoms with E-state index in [0.29, 0.717) is 25.0 Å². The summed E-state index contributed by atoms with van der Waals surface area (Å²) in [5, 5.41) is 14.8. The molecule has 3 N–H and O–H groups in total. The molecule has 174 valence electrons. The van der Waals surface area contributed by atoms with Crippen LogP contribution in [0.1, 0.15) is 72.6 Å². The quantitative estimate of drug-likeness (QED) is 0.621. The first kappa shape index (κ1) is 22.8. The third-order valence-corrected chi connectivity index (χ3v) is 6.84. The number of aryl methyl sites for hydroxylation is 1. The Morgan fingerprint density at radius 3 is 2.76 bits per heavy atom. The van der Waals surface area contributed by atoms with Gasteiger partial charge in [0.25, 0.3) is 5.91 Å². The molecule has 4 rings (SSSR count). The van der Waals surface area contributed by atoms with Gasteiger partial charge in [-0.3, -0.25) is 19.9 Å². The molecule has 7 nitrogen and oxygen atoms in total. The first-order valence-electron chi connectivity index (χ1n) is 11.6. The topological polar surface area (TPSA) is 94.5 Å². The van der Waals surface area contributed by atoms with Crippen molar-refractivity contribution in [2.75, 3.05) is 6.61 Å². The molecule has 2 amide bonds. The van der Waals surface area contributed by atoms with Crippen LogP contribution in [0.5, 0.6) is 5.75 Å². The second kappa shape index (κ2) is 9.25. The highest BCUT2D eigenvalue weighted by molar-refractivity contribution is 5.99. The number of benzene rings is 2. The minimum atomic E-state index is -0.343. The van der Waals surface area contributed by atoms with E-state index in [0.717, 1.165) is 35.3 Å². The van der Waals surface area contributed by atoms with Gasteiger partial charge in [0, 0.05) is 23.1 Å². The van der Waals surface area contributed by atoms with E-state index in [1.807, 2.05) is 45.0 Å². The van der Waals surface area contributed by atoms with Crippen LogP contribution in [0.4, 0.5) is 0 Å². The summed E-state index contributed by atoms with van der Waals surface area (Å²) in [6, 6.07) is 13.2. The Kier molecular flexibility index (Phi) is 6.40. The molecule has 2 aliphatic heterocycles. The lowest BCUT2D eigenvalue weighted by molar-refractivity contribution is -0.131. The second-order valence-electron chi connectivity index (χ2n) is 9.02. The highest BCUT2D eigenvalue weighted by Gasteiger charge is 2.38. The Balaban J connectivity index is 1.47. The Labute approximate surface area is 195 Å². The number of rotatable bonds is 6. The number of hydrogen-bond donors (Lipinski definition) is 3. The molecule has 1 atom stereocenters. The van der Waals surface area contributed by atoms with Crippen LogP contribution in [-0.4, -0.2) is 34.8 Å². The molecule has 2 aromatic carbocycles. The van der Waals surface area contributed by atoms with E-state index in [2.05, 4.69) is 16.7 Å². The summed E-state index contributed by atoms with van der Waals surface area (Å²) in [6.45, 7) is 6.91. The standard InChI is InChI=1S/C26H32N4O3/c1-4-26(5-2)15-23(31)30(25(27)29-26)16-18-7-6-8-19(14-18)24(32)28-21-11-12-33-22-10-9-17(3)13-20(21)22/h6-10,13-14,21H,4-5,11-12,15-16H2,1-3H3,(H2,27,29)(H,28,32). The molecule has 7 heteroatoms. The predicted octanol–water partition coefficient (Wildman–Crippen LogP) is 4.06. The fourth-order valence-corrected chi connectivity index (χ4v) is 4.62. The lowest BCUT2D eigenvalue weighted by Crippen LogP contribution is -2.61. The number of carbonyl (C=O) groups excluding carboxylic acids is 2. The average molecular weight is 449 g/mol. The van der Waals surface area contributed by atoms with Gasteiger partial charge < -0.3 is 15.4 Å². The lowest BCUT2D eigenvalue weighted by Gasteiger charge is -2.42. The Morgan fingerprint density at radius 1 is 1.24 bits per heavy atom. The minimum absolute atomic E-state index is 0.0634. The van der Waals surface area contributed by atoms with E-state index in [1.165, 1.54) is 4.90 Å². The molecular formula is C26H32N4O3. The van der Waals surface area contributed by atoms with E-state index in [1.54, 1.807) is 12.1 Å². The largest absolute Gasteiger partial charge is 0.493 e. The summed E-state index contributed by atoms with van der Waals surface area (Å²) in [6.07, 6.45) is 2.65. The molecule has 0 radical (unpaired) electrons. The highest BCUT2D eigenvalue weighted by Crippen LogP contribution is 2.33. The maximum atomic E-state index is 13.1. The van der Waals surface area contributed by atoms with Crippen molar-refractivity contribution < 1.29 is 14.3 Å². The maximum absolute atomic E-state index is 13.1. The van der Waals surface area contributed by atoms with Crippen molar-refractivity contribution in [3.05, 3.63) is 64.7 Å². The monoisotopic (exact) mass is 448 g/mol. The van der Waals surface area contributed by atoms with E-state index in [-0.39, 0.29) is 35.9 Å². The number of guanidine groups is 1. The van der Waals surface area contributed by atoms with Crippen LogP contribution in [-0.2, 0) is 11.3 Å². The maximum Gasteiger partial charge on any atom is 0.251 e. The molecule has 0 saturated carbocycles. The van der Waals surface area contributed by atoms with Crippen LogP contribution in [0.25, 0.3) is 0 Å². The van der Waals surface area contributed by atoms with Gasteiger partial charge in [-0.25, -0.2) is 0 Å². The van der Waals surface area contributed by atoms with Crippen LogP contribution < -0.4 is 15.4 Å². The van der Waals surface area contributed by atoms with E-state index in [9.17, 15) is 9.59 Å². The molecule has 0 aromatic heterocycles. The molecule has 0 spiro atoms. The summed E-state index contributed by atoms with van der Waals surface area (Å²) in [5.74, 6) is 0.714. The molecular weight excluding hydrogens is 416 g/mol. The van der Waals surface area contributed by atoms with E-state index >= 15 is 0 Å². The van der Waals surface area contributed by atoms with Gasteiger partial charge in [0.15, 0.2) is 5.96 Å². The van der Waals surface area contributed by atoms with E-state index in [4.69, 9.17) is 10.1 Å². The first-order chi connectivity index (χ1) is 15.8. The SMILES string of the molecule is CCC1(CC)CC(=O)N(Cc2cccc(C(=O)NC3CCOc4ccc(C)cc43)c2)C(=N)N1. The van der Waals surface area contributed by atoms with Gasteiger partial charge in [0.2, 0.25) is 5.91 Å². The normalized spacial score (nSPS) is 19.4. The summed E-state index contributed by atoms with van der Waals surface area (Å²) >= 11 is 0. The van der Waals surface area contributed by atoms with Gasteiger partial charge in [-0.15, -0.1) is 0 Å². The number of nitrogens with one attached hydrogen (secondary N) is 3. The second-order valence-corrected chi connectivity index (χ2v) is 9.02. The molecule has 1 saturated heterocycles. The van der Waals surface area contributed by atoms with Gasteiger partial charge in [0.05, 0.1) is 25.6 Å². The van der Waals surface area contributed by atoms with Crippen molar-refractivity contribution in [2.45, 2.75) is 64.6 Å². The van der Waals surface area contributed by atoms with Crippen LogP contribution in [0, 0.1) is 12.3 Å². The van der Waals surface area contributed by atoms with Crippen molar-refractivity contribution >= 4 is 17.8 Å². The van der Waals surface area contributed by atoms with Crippen molar-refractivity contribution in [2.24, 2.45) is 0 Å². The fourth-order valence-electron chi connectivity index (χ4n) is 4.62. The summed E-state index contributed by atoms with van der Waals surface area (Å²) < 4.78 is 5.74. The molecule has 0 aliphatic carbocycles. The van der Waals surface area contributed by atoms with E-state index < -0.39 is 0 Å². The van der Waals surface area contributed by atoms with Gasteiger partial charge in [0.1, 0.15) is 5.75 Å². The number of carbonyl (C=O) groups is 2. The lowest BCUT2D eigenvalue weighted by atomic mass is 9.87. The Hall–Kier alpha value is -3.35. The molecule has 1 fully saturated rings. The van der Waals surface area contributed by atoms with Gasteiger partial charge in [-0.1, -0.05) is 43.7 Å². The first-order valence-corrected chi connectivity index (χ1v) is 11.6. The Bertz CT molecular complexity index is 1060. The molecule has 2 aliphatic rings. The molecule has 2 heterocycles. The van der Waals surface area contributed by atoms with Crippen LogP contribution >= 0.6 is 0 Å². The smallest absolute Gasteiger partial charge is 0.251 e. The average Bonchev–Trinajstić information content (AvgIpc) is 2.82. The third-order valence-electron chi connectivity index (χ3n) is 6.84. The number of fused-ring (bicyclic) bond motifs is 1. The van der Waals surface area contributed by atoms with Crippen molar-refractivity contribution in [3.63, 3.8) is 0 Å². The summed E-state index contributed by atoms with van der Waals surface area (Å²) in [7, 11) is 0. The fraction of sp³-hybridized carbons (Fsp3) is 0.423. The van der Waals surface area contributed by atoms with Gasteiger partial charge >= 0.3 is 0 Å². The third kappa shape index (κ3) is 4.72. The highest BCUT2D eigenvalue weighted by atomic mass is 16.5.